The zero-order chi connectivity index (χ0) is 10.8. The Hall–Kier alpha value is -2.04. The summed E-state index contributed by atoms with van der Waals surface area (Å²) in [6.07, 6.45) is 3.06. The predicted molar refractivity (Wildman–Crippen MR) is 52.4 cm³/mol. The number of carbonyl (C=O) groups excluding carboxylic acids is 1. The summed E-state index contributed by atoms with van der Waals surface area (Å²) in [7, 11) is 1.34. The first-order valence-corrected chi connectivity index (χ1v) is 4.40. The summed E-state index contributed by atoms with van der Waals surface area (Å²) >= 11 is 0. The smallest absolute Gasteiger partial charge is 0.341 e. The number of nitrogens with zero attached hydrogens (tertiary/aromatic N) is 1. The van der Waals surface area contributed by atoms with Gasteiger partial charge in [-0.1, -0.05) is 0 Å². The molecule has 0 unspecified atom stereocenters. The fraction of sp³-hybridized carbons (Fsp3) is 0.200. The largest absolute Gasteiger partial charge is 0.472 e. The number of H-pyrrole nitrogens is 1. The molecule has 2 aromatic rings. The van der Waals surface area contributed by atoms with E-state index in [2.05, 4.69) is 14.9 Å². The fourth-order valence-electron chi connectivity index (χ4n) is 1.39. The first-order chi connectivity index (χ1) is 7.24. The average molecular weight is 206 g/mol. The number of furan rings is 1. The van der Waals surface area contributed by atoms with Crippen molar-refractivity contribution in [1.82, 2.24) is 10.2 Å². The highest BCUT2D eigenvalue weighted by Gasteiger charge is 2.20. The van der Waals surface area contributed by atoms with Crippen LogP contribution in [0.3, 0.4) is 0 Å². The summed E-state index contributed by atoms with van der Waals surface area (Å²) in [5, 5.41) is 6.79. The van der Waals surface area contributed by atoms with Gasteiger partial charge >= 0.3 is 5.97 Å². The minimum absolute atomic E-state index is 0.405. The van der Waals surface area contributed by atoms with Crippen molar-refractivity contribution in [2.45, 2.75) is 6.92 Å². The van der Waals surface area contributed by atoms with Gasteiger partial charge in [0.05, 0.1) is 19.6 Å². The van der Waals surface area contributed by atoms with E-state index in [4.69, 9.17) is 4.42 Å². The minimum Gasteiger partial charge on any atom is -0.472 e. The molecule has 0 aliphatic heterocycles. The lowest BCUT2D eigenvalue weighted by atomic mass is 10.1. The molecule has 0 atom stereocenters. The van der Waals surface area contributed by atoms with Crippen LogP contribution in [0.1, 0.15) is 16.1 Å². The molecule has 0 spiro atoms. The second-order valence-electron chi connectivity index (χ2n) is 3.08. The zero-order valence-corrected chi connectivity index (χ0v) is 8.40. The summed E-state index contributed by atoms with van der Waals surface area (Å²) in [6.45, 7) is 1.77. The molecule has 0 bridgehead atoms. The van der Waals surface area contributed by atoms with Crippen molar-refractivity contribution in [3.63, 3.8) is 0 Å². The van der Waals surface area contributed by atoms with E-state index < -0.39 is 5.97 Å². The number of ether oxygens (including phenoxy) is 1. The number of carbonyl (C=O) groups is 1. The lowest BCUT2D eigenvalue weighted by Gasteiger charge is -1.98. The molecule has 5 nitrogen and oxygen atoms in total. The Morgan fingerprint density at radius 1 is 1.60 bits per heavy atom. The van der Waals surface area contributed by atoms with Crippen LogP contribution in [0.15, 0.2) is 23.0 Å². The number of methoxy groups -OCH3 is 1. The van der Waals surface area contributed by atoms with Crippen molar-refractivity contribution in [3.8, 4) is 11.3 Å². The minimum atomic E-state index is -0.405. The number of aromatic nitrogens is 2. The lowest BCUT2D eigenvalue weighted by molar-refractivity contribution is 0.0601. The van der Waals surface area contributed by atoms with Crippen molar-refractivity contribution in [3.05, 3.63) is 29.9 Å². The van der Waals surface area contributed by atoms with Crippen molar-refractivity contribution < 1.29 is 13.9 Å². The molecular weight excluding hydrogens is 196 g/mol. The number of aryl methyl sites for hydroxylation is 1. The Morgan fingerprint density at radius 3 is 3.00 bits per heavy atom. The van der Waals surface area contributed by atoms with E-state index in [9.17, 15) is 4.79 Å². The molecule has 0 radical (unpaired) electrons. The van der Waals surface area contributed by atoms with Crippen LogP contribution in [0.4, 0.5) is 0 Å². The summed E-state index contributed by atoms with van der Waals surface area (Å²) in [5.74, 6) is -0.405. The molecular formula is C10H10N2O3. The number of aromatic amines is 1. The Labute approximate surface area is 86.0 Å². The quantitative estimate of drug-likeness (QED) is 0.760. The van der Waals surface area contributed by atoms with Crippen LogP contribution in [-0.4, -0.2) is 23.3 Å². The molecule has 0 aliphatic rings. The maximum atomic E-state index is 11.5. The predicted octanol–water partition coefficient (Wildman–Crippen LogP) is 1.76. The summed E-state index contributed by atoms with van der Waals surface area (Å²) in [5.41, 5.74) is 2.42. The third-order valence-electron chi connectivity index (χ3n) is 2.13. The third kappa shape index (κ3) is 1.52. The maximum Gasteiger partial charge on any atom is 0.341 e. The molecule has 0 saturated heterocycles. The van der Waals surface area contributed by atoms with E-state index in [0.29, 0.717) is 17.0 Å². The van der Waals surface area contributed by atoms with Gasteiger partial charge in [0.15, 0.2) is 0 Å². The highest BCUT2D eigenvalue weighted by molar-refractivity contribution is 5.97. The van der Waals surface area contributed by atoms with Gasteiger partial charge in [0.25, 0.3) is 0 Å². The van der Waals surface area contributed by atoms with Crippen molar-refractivity contribution >= 4 is 5.97 Å². The van der Waals surface area contributed by atoms with Gasteiger partial charge in [-0.2, -0.15) is 5.10 Å². The number of nitrogens with one attached hydrogen (secondary N) is 1. The van der Waals surface area contributed by atoms with Crippen LogP contribution in [0.5, 0.6) is 0 Å². The summed E-state index contributed by atoms with van der Waals surface area (Å²) in [4.78, 5) is 11.5. The van der Waals surface area contributed by atoms with Crippen LogP contribution in [0.25, 0.3) is 11.3 Å². The molecule has 15 heavy (non-hydrogen) atoms. The van der Waals surface area contributed by atoms with Gasteiger partial charge in [-0.15, -0.1) is 0 Å². The van der Waals surface area contributed by atoms with Crippen LogP contribution in [0, 0.1) is 6.92 Å². The second-order valence-corrected chi connectivity index (χ2v) is 3.08. The Kier molecular flexibility index (Phi) is 2.29. The van der Waals surface area contributed by atoms with Gasteiger partial charge in [-0.25, -0.2) is 4.79 Å². The number of rotatable bonds is 2. The van der Waals surface area contributed by atoms with E-state index in [1.807, 2.05) is 0 Å². The average Bonchev–Trinajstić information content (AvgIpc) is 2.85. The Morgan fingerprint density at radius 2 is 2.40 bits per heavy atom. The lowest BCUT2D eigenvalue weighted by Crippen LogP contribution is -2.03. The first-order valence-electron chi connectivity index (χ1n) is 4.40. The molecule has 2 heterocycles. The molecule has 0 fully saturated rings. The molecule has 2 aromatic heterocycles. The molecule has 2 rings (SSSR count). The highest BCUT2D eigenvalue weighted by Crippen LogP contribution is 2.24. The normalized spacial score (nSPS) is 10.3. The summed E-state index contributed by atoms with van der Waals surface area (Å²) in [6, 6.07) is 1.74. The zero-order valence-electron chi connectivity index (χ0n) is 8.40. The molecule has 0 amide bonds. The van der Waals surface area contributed by atoms with E-state index in [1.165, 1.54) is 19.6 Å². The van der Waals surface area contributed by atoms with Gasteiger partial charge < -0.3 is 9.15 Å². The van der Waals surface area contributed by atoms with Gasteiger partial charge in [0.2, 0.25) is 0 Å². The van der Waals surface area contributed by atoms with Crippen LogP contribution < -0.4 is 0 Å². The molecule has 5 heteroatoms. The summed E-state index contributed by atoms with van der Waals surface area (Å²) < 4.78 is 9.63. The van der Waals surface area contributed by atoms with Gasteiger partial charge in [-0.3, -0.25) is 5.10 Å². The van der Waals surface area contributed by atoms with Crippen LogP contribution in [-0.2, 0) is 4.74 Å². The number of hydrogen-bond donors (Lipinski definition) is 1. The van der Waals surface area contributed by atoms with E-state index >= 15 is 0 Å². The van der Waals surface area contributed by atoms with E-state index in [0.717, 1.165) is 5.56 Å². The Balaban J connectivity index is 2.54. The SMILES string of the molecule is COC(=O)c1c(-c2ccoc2)n[nH]c1C. The van der Waals surface area contributed by atoms with Crippen LogP contribution >= 0.6 is 0 Å². The first kappa shape index (κ1) is 9.51. The maximum absolute atomic E-state index is 11.5. The molecule has 0 saturated carbocycles. The molecule has 1 N–H and O–H groups in total. The molecule has 0 aromatic carbocycles. The van der Waals surface area contributed by atoms with Crippen molar-refractivity contribution in [2.75, 3.05) is 7.11 Å². The van der Waals surface area contributed by atoms with E-state index in [1.54, 1.807) is 13.0 Å². The van der Waals surface area contributed by atoms with E-state index in [-0.39, 0.29) is 0 Å². The fourth-order valence-corrected chi connectivity index (χ4v) is 1.39. The second kappa shape index (κ2) is 3.61. The van der Waals surface area contributed by atoms with Crippen LogP contribution in [0.2, 0.25) is 0 Å². The monoisotopic (exact) mass is 206 g/mol. The number of hydrogen-bond acceptors (Lipinski definition) is 4. The highest BCUT2D eigenvalue weighted by atomic mass is 16.5. The van der Waals surface area contributed by atoms with Gasteiger partial charge in [0, 0.05) is 11.3 Å². The standard InChI is InChI=1S/C10H10N2O3/c1-6-8(10(13)14-2)9(12-11-6)7-3-4-15-5-7/h3-5H,1-2H3,(H,11,12). The molecule has 78 valence electrons. The Bertz CT molecular complexity index is 471. The third-order valence-corrected chi connectivity index (χ3v) is 2.13. The number of esters is 1. The van der Waals surface area contributed by atoms with Crippen molar-refractivity contribution in [1.29, 1.82) is 0 Å². The molecule has 0 aliphatic carbocycles. The van der Waals surface area contributed by atoms with Gasteiger partial charge in [0.1, 0.15) is 11.3 Å². The topological polar surface area (TPSA) is 68.1 Å². The van der Waals surface area contributed by atoms with Gasteiger partial charge in [-0.05, 0) is 13.0 Å². The van der Waals surface area contributed by atoms with Crippen molar-refractivity contribution in [2.24, 2.45) is 0 Å².